The Morgan fingerprint density at radius 3 is 2.88 bits per heavy atom. The quantitative estimate of drug-likeness (QED) is 0.749. The highest BCUT2D eigenvalue weighted by molar-refractivity contribution is 5.06. The van der Waals surface area contributed by atoms with Crippen LogP contribution in [0.2, 0.25) is 0 Å². The third-order valence-corrected chi connectivity index (χ3v) is 2.98. The van der Waals surface area contributed by atoms with E-state index in [4.69, 9.17) is 9.52 Å². The minimum Gasteiger partial charge on any atom is -0.462 e. The molecule has 3 nitrogen and oxygen atoms in total. The van der Waals surface area contributed by atoms with Crippen LogP contribution >= 0.6 is 0 Å². The van der Waals surface area contributed by atoms with E-state index in [0.29, 0.717) is 5.76 Å². The van der Waals surface area contributed by atoms with Crippen LogP contribution in [0.25, 0.3) is 0 Å². The molecule has 0 amide bonds. The molecule has 0 fully saturated rings. The number of hydrogen-bond donors (Lipinski definition) is 2. The third kappa shape index (κ3) is 3.22. The Labute approximate surface area is 96.2 Å². The van der Waals surface area contributed by atoms with Gasteiger partial charge in [-0.05, 0) is 43.9 Å². The zero-order valence-electron chi connectivity index (χ0n) is 9.48. The van der Waals surface area contributed by atoms with Crippen molar-refractivity contribution >= 4 is 0 Å². The van der Waals surface area contributed by atoms with E-state index >= 15 is 0 Å². The summed E-state index contributed by atoms with van der Waals surface area (Å²) in [6.45, 7) is 1.77. The maximum Gasteiger partial charge on any atom is 0.129 e. The molecule has 0 saturated carbocycles. The monoisotopic (exact) mass is 221 g/mol. The summed E-state index contributed by atoms with van der Waals surface area (Å²) in [6.07, 6.45) is 8.21. The lowest BCUT2D eigenvalue weighted by Gasteiger charge is -2.17. The molecule has 1 aromatic heterocycles. The first kappa shape index (κ1) is 11.4. The summed E-state index contributed by atoms with van der Waals surface area (Å²) in [5.41, 5.74) is 0. The highest BCUT2D eigenvalue weighted by Crippen LogP contribution is 2.17. The van der Waals surface area contributed by atoms with E-state index in [2.05, 4.69) is 17.5 Å². The van der Waals surface area contributed by atoms with Gasteiger partial charge in [-0.15, -0.1) is 0 Å². The van der Waals surface area contributed by atoms with E-state index in [9.17, 15) is 0 Å². The van der Waals surface area contributed by atoms with E-state index in [-0.39, 0.29) is 6.61 Å². The largest absolute Gasteiger partial charge is 0.462 e. The molecule has 0 spiro atoms. The molecule has 1 aliphatic carbocycles. The van der Waals surface area contributed by atoms with Crippen molar-refractivity contribution in [3.05, 3.63) is 35.8 Å². The van der Waals surface area contributed by atoms with E-state index in [1.807, 2.05) is 12.1 Å². The Kier molecular flexibility index (Phi) is 4.19. The van der Waals surface area contributed by atoms with Gasteiger partial charge in [-0.1, -0.05) is 12.2 Å². The molecule has 2 rings (SSSR count). The Bertz CT molecular complexity index is 343. The van der Waals surface area contributed by atoms with Gasteiger partial charge in [0.1, 0.15) is 18.1 Å². The number of allylic oxidation sites excluding steroid dienone is 2. The van der Waals surface area contributed by atoms with Gasteiger partial charge in [0, 0.05) is 0 Å². The zero-order chi connectivity index (χ0) is 11.2. The second-order valence-corrected chi connectivity index (χ2v) is 4.31. The van der Waals surface area contributed by atoms with Gasteiger partial charge in [0.2, 0.25) is 0 Å². The first-order valence-corrected chi connectivity index (χ1v) is 5.92. The van der Waals surface area contributed by atoms with Gasteiger partial charge in [0.15, 0.2) is 0 Å². The Hall–Kier alpha value is -1.06. The van der Waals surface area contributed by atoms with Gasteiger partial charge in [-0.25, -0.2) is 0 Å². The van der Waals surface area contributed by atoms with E-state index < -0.39 is 0 Å². The SMILES string of the molecule is OCc1ccc(CNCC2CC=CCC2)o1. The smallest absolute Gasteiger partial charge is 0.129 e. The van der Waals surface area contributed by atoms with Crippen LogP contribution in [-0.2, 0) is 13.2 Å². The fourth-order valence-electron chi connectivity index (χ4n) is 2.04. The minimum atomic E-state index is -0.0204. The van der Waals surface area contributed by atoms with E-state index in [0.717, 1.165) is 24.8 Å². The lowest BCUT2D eigenvalue weighted by Crippen LogP contribution is -2.22. The van der Waals surface area contributed by atoms with Crippen molar-refractivity contribution in [2.45, 2.75) is 32.4 Å². The molecule has 0 radical (unpaired) electrons. The maximum absolute atomic E-state index is 8.86. The molecule has 0 saturated heterocycles. The molecule has 1 aromatic rings. The molecule has 1 aliphatic rings. The number of aliphatic hydroxyl groups excluding tert-OH is 1. The minimum absolute atomic E-state index is 0.0204. The molecule has 1 atom stereocenters. The topological polar surface area (TPSA) is 45.4 Å². The van der Waals surface area contributed by atoms with Crippen molar-refractivity contribution in [3.8, 4) is 0 Å². The molecule has 0 bridgehead atoms. The fraction of sp³-hybridized carbons (Fsp3) is 0.538. The summed E-state index contributed by atoms with van der Waals surface area (Å²) in [4.78, 5) is 0. The van der Waals surface area contributed by atoms with Gasteiger partial charge in [-0.3, -0.25) is 0 Å². The number of furan rings is 1. The number of rotatable bonds is 5. The number of hydrogen-bond acceptors (Lipinski definition) is 3. The number of aliphatic hydroxyl groups is 1. The highest BCUT2D eigenvalue weighted by Gasteiger charge is 2.09. The van der Waals surface area contributed by atoms with Crippen molar-refractivity contribution in [3.63, 3.8) is 0 Å². The molecule has 16 heavy (non-hydrogen) atoms. The summed E-state index contributed by atoms with van der Waals surface area (Å²) in [5, 5.41) is 12.3. The molecule has 0 aromatic carbocycles. The van der Waals surface area contributed by atoms with Gasteiger partial charge in [0.25, 0.3) is 0 Å². The van der Waals surface area contributed by atoms with E-state index in [1.165, 1.54) is 19.3 Å². The van der Waals surface area contributed by atoms with Crippen molar-refractivity contribution in [2.75, 3.05) is 6.54 Å². The van der Waals surface area contributed by atoms with Crippen LogP contribution in [0.3, 0.4) is 0 Å². The summed E-state index contributed by atoms with van der Waals surface area (Å²) < 4.78 is 5.40. The molecular formula is C13H19NO2. The second-order valence-electron chi connectivity index (χ2n) is 4.31. The molecule has 2 N–H and O–H groups in total. The maximum atomic E-state index is 8.86. The Morgan fingerprint density at radius 1 is 1.31 bits per heavy atom. The first-order valence-electron chi connectivity index (χ1n) is 5.92. The van der Waals surface area contributed by atoms with Crippen LogP contribution in [0.4, 0.5) is 0 Å². The average Bonchev–Trinajstić information content (AvgIpc) is 2.78. The van der Waals surface area contributed by atoms with Gasteiger partial charge in [-0.2, -0.15) is 0 Å². The lowest BCUT2D eigenvalue weighted by molar-refractivity contribution is 0.242. The molecule has 1 heterocycles. The van der Waals surface area contributed by atoms with Crippen LogP contribution in [0, 0.1) is 5.92 Å². The Balaban J connectivity index is 1.69. The summed E-state index contributed by atoms with van der Waals surface area (Å²) in [6, 6.07) is 3.74. The van der Waals surface area contributed by atoms with Crippen LogP contribution in [0.15, 0.2) is 28.7 Å². The van der Waals surface area contributed by atoms with Crippen LogP contribution in [0.1, 0.15) is 30.8 Å². The first-order chi connectivity index (χ1) is 7.88. The summed E-state index contributed by atoms with van der Waals surface area (Å²) in [5.74, 6) is 2.30. The highest BCUT2D eigenvalue weighted by atomic mass is 16.4. The van der Waals surface area contributed by atoms with Gasteiger partial charge >= 0.3 is 0 Å². The summed E-state index contributed by atoms with van der Waals surface area (Å²) >= 11 is 0. The molecule has 1 unspecified atom stereocenters. The average molecular weight is 221 g/mol. The molecule has 88 valence electrons. The van der Waals surface area contributed by atoms with Crippen molar-refractivity contribution < 1.29 is 9.52 Å². The Morgan fingerprint density at radius 2 is 2.19 bits per heavy atom. The van der Waals surface area contributed by atoms with Crippen molar-refractivity contribution in [1.29, 1.82) is 0 Å². The summed E-state index contributed by atoms with van der Waals surface area (Å²) in [7, 11) is 0. The van der Waals surface area contributed by atoms with Crippen LogP contribution in [-0.4, -0.2) is 11.7 Å². The predicted molar refractivity (Wildman–Crippen MR) is 62.8 cm³/mol. The standard InChI is InChI=1S/C13H19NO2/c15-10-13-7-6-12(16-13)9-14-8-11-4-2-1-3-5-11/h1-2,6-7,11,14-15H,3-5,8-10H2. The number of nitrogens with one attached hydrogen (secondary N) is 1. The van der Waals surface area contributed by atoms with Gasteiger partial charge in [0.05, 0.1) is 6.54 Å². The van der Waals surface area contributed by atoms with Crippen molar-refractivity contribution in [2.24, 2.45) is 5.92 Å². The zero-order valence-corrected chi connectivity index (χ0v) is 9.48. The van der Waals surface area contributed by atoms with Crippen LogP contribution < -0.4 is 5.32 Å². The normalized spacial score (nSPS) is 20.2. The lowest BCUT2D eigenvalue weighted by atomic mass is 9.94. The van der Waals surface area contributed by atoms with Crippen molar-refractivity contribution in [1.82, 2.24) is 5.32 Å². The third-order valence-electron chi connectivity index (χ3n) is 2.98. The molecule has 3 heteroatoms. The fourth-order valence-corrected chi connectivity index (χ4v) is 2.04. The predicted octanol–water partition coefficient (Wildman–Crippen LogP) is 2.22. The van der Waals surface area contributed by atoms with E-state index in [1.54, 1.807) is 0 Å². The second kappa shape index (κ2) is 5.87. The van der Waals surface area contributed by atoms with Gasteiger partial charge < -0.3 is 14.8 Å². The molecular weight excluding hydrogens is 202 g/mol. The molecule has 0 aliphatic heterocycles. The van der Waals surface area contributed by atoms with Crippen LogP contribution in [0.5, 0.6) is 0 Å².